The van der Waals surface area contributed by atoms with Gasteiger partial charge in [-0.25, -0.2) is 9.37 Å². The third-order valence-corrected chi connectivity index (χ3v) is 5.18. The zero-order valence-electron chi connectivity index (χ0n) is 15.4. The van der Waals surface area contributed by atoms with Crippen LogP contribution >= 0.6 is 0 Å². The molecule has 144 valence electrons. The number of ether oxygens (including phenoxy) is 1. The lowest BCUT2D eigenvalue weighted by Gasteiger charge is -2.32. The summed E-state index contributed by atoms with van der Waals surface area (Å²) < 4.78 is 18.9. The van der Waals surface area contributed by atoms with E-state index < -0.39 is 5.82 Å². The van der Waals surface area contributed by atoms with E-state index in [4.69, 9.17) is 4.74 Å². The molecule has 1 aliphatic rings. The molecule has 3 aromatic rings. The van der Waals surface area contributed by atoms with Crippen molar-refractivity contribution in [2.24, 2.45) is 5.92 Å². The molecule has 1 atom stereocenters. The Labute approximate surface area is 161 Å². The van der Waals surface area contributed by atoms with Crippen LogP contribution in [0.4, 0.5) is 4.39 Å². The van der Waals surface area contributed by atoms with Crippen molar-refractivity contribution < 1.29 is 18.7 Å². The van der Waals surface area contributed by atoms with Gasteiger partial charge in [0.25, 0.3) is 5.91 Å². The number of H-pyrrole nitrogens is 1. The molecule has 7 heteroatoms. The number of hydrogen-bond donors (Lipinski definition) is 1. The SMILES string of the molecule is COc1ccc(C(=O)C2CCCN(C(=O)c3ccc4nc[nH]c4c3)C2)cc1F. The fourth-order valence-corrected chi connectivity index (χ4v) is 3.68. The minimum Gasteiger partial charge on any atom is -0.494 e. The van der Waals surface area contributed by atoms with Gasteiger partial charge in [0.05, 0.1) is 24.5 Å². The van der Waals surface area contributed by atoms with Crippen LogP contribution in [0.1, 0.15) is 33.6 Å². The monoisotopic (exact) mass is 381 g/mol. The molecule has 0 aliphatic carbocycles. The van der Waals surface area contributed by atoms with Gasteiger partial charge in [0.1, 0.15) is 0 Å². The molecule has 28 heavy (non-hydrogen) atoms. The Bertz CT molecular complexity index is 1050. The number of ketones is 1. The summed E-state index contributed by atoms with van der Waals surface area (Å²) >= 11 is 0. The van der Waals surface area contributed by atoms with Gasteiger partial charge in [-0.3, -0.25) is 9.59 Å². The van der Waals surface area contributed by atoms with Crippen molar-refractivity contribution in [3.63, 3.8) is 0 Å². The van der Waals surface area contributed by atoms with E-state index >= 15 is 0 Å². The number of fused-ring (bicyclic) bond motifs is 1. The standard InChI is InChI=1S/C21H20FN3O3/c1-28-19-7-5-13(9-16(19)22)20(26)15-3-2-8-25(11-15)21(27)14-4-6-17-18(10-14)24-12-23-17/h4-7,9-10,12,15H,2-3,8,11H2,1H3,(H,23,24). The molecule has 1 saturated heterocycles. The highest BCUT2D eigenvalue weighted by Gasteiger charge is 2.30. The van der Waals surface area contributed by atoms with E-state index in [-0.39, 0.29) is 23.4 Å². The van der Waals surface area contributed by atoms with Crippen molar-refractivity contribution in [2.45, 2.75) is 12.8 Å². The Kier molecular flexibility index (Phi) is 4.81. The number of carbonyl (C=O) groups is 2. The number of hydrogen-bond acceptors (Lipinski definition) is 4. The Morgan fingerprint density at radius 2 is 2.04 bits per heavy atom. The number of halogens is 1. The summed E-state index contributed by atoms with van der Waals surface area (Å²) in [7, 11) is 1.38. The summed E-state index contributed by atoms with van der Waals surface area (Å²) in [6.07, 6.45) is 2.99. The summed E-state index contributed by atoms with van der Waals surface area (Å²) in [6, 6.07) is 9.54. The smallest absolute Gasteiger partial charge is 0.253 e. The largest absolute Gasteiger partial charge is 0.494 e. The summed E-state index contributed by atoms with van der Waals surface area (Å²) in [5.74, 6) is -1.07. The lowest BCUT2D eigenvalue weighted by atomic mass is 9.89. The Morgan fingerprint density at radius 1 is 1.21 bits per heavy atom. The van der Waals surface area contributed by atoms with Gasteiger partial charge in [0.15, 0.2) is 17.3 Å². The van der Waals surface area contributed by atoms with E-state index in [1.165, 1.54) is 19.2 Å². The zero-order chi connectivity index (χ0) is 19.7. The zero-order valence-corrected chi connectivity index (χ0v) is 15.4. The van der Waals surface area contributed by atoms with Crippen LogP contribution in [0.25, 0.3) is 11.0 Å². The quantitative estimate of drug-likeness (QED) is 0.703. The maximum atomic E-state index is 14.0. The lowest BCUT2D eigenvalue weighted by Crippen LogP contribution is -2.42. The molecular formula is C21H20FN3O3. The van der Waals surface area contributed by atoms with Gasteiger partial charge in [0.2, 0.25) is 0 Å². The van der Waals surface area contributed by atoms with Gasteiger partial charge < -0.3 is 14.6 Å². The van der Waals surface area contributed by atoms with Gasteiger partial charge in [-0.05, 0) is 49.2 Å². The molecule has 1 N–H and O–H groups in total. The Hall–Kier alpha value is -3.22. The van der Waals surface area contributed by atoms with Crippen LogP contribution in [0.5, 0.6) is 5.75 Å². The number of rotatable bonds is 4. The minimum atomic E-state index is -0.565. The third-order valence-electron chi connectivity index (χ3n) is 5.18. The van der Waals surface area contributed by atoms with Crippen molar-refractivity contribution in [3.05, 3.63) is 59.7 Å². The second-order valence-corrected chi connectivity index (χ2v) is 6.94. The predicted molar refractivity (Wildman–Crippen MR) is 102 cm³/mol. The highest BCUT2D eigenvalue weighted by atomic mass is 19.1. The van der Waals surface area contributed by atoms with Crippen molar-refractivity contribution in [3.8, 4) is 5.75 Å². The molecular weight excluding hydrogens is 361 g/mol. The van der Waals surface area contributed by atoms with Crippen molar-refractivity contribution in [2.75, 3.05) is 20.2 Å². The molecule has 0 bridgehead atoms. The van der Waals surface area contributed by atoms with Crippen LogP contribution in [-0.2, 0) is 0 Å². The first-order valence-electron chi connectivity index (χ1n) is 9.17. The number of Topliss-reactive ketones (excluding diaryl/α,β-unsaturated/α-hetero) is 1. The number of carbonyl (C=O) groups excluding carboxylic acids is 2. The maximum Gasteiger partial charge on any atom is 0.253 e. The fourth-order valence-electron chi connectivity index (χ4n) is 3.68. The van der Waals surface area contributed by atoms with Gasteiger partial charge in [0, 0.05) is 30.1 Å². The Balaban J connectivity index is 1.51. The molecule has 0 spiro atoms. The maximum absolute atomic E-state index is 14.0. The number of aromatic amines is 1. The predicted octanol–water partition coefficient (Wildman–Crippen LogP) is 3.45. The van der Waals surface area contributed by atoms with E-state index in [1.807, 2.05) is 0 Å². The van der Waals surface area contributed by atoms with Crippen LogP contribution in [0.3, 0.4) is 0 Å². The molecule has 0 saturated carbocycles. The van der Waals surface area contributed by atoms with Crippen LogP contribution in [0, 0.1) is 11.7 Å². The molecule has 0 radical (unpaired) electrons. The minimum absolute atomic E-state index is 0.103. The summed E-state index contributed by atoms with van der Waals surface area (Å²) in [6.45, 7) is 0.924. The average molecular weight is 381 g/mol. The normalized spacial score (nSPS) is 16.9. The molecule has 6 nitrogen and oxygen atoms in total. The highest BCUT2D eigenvalue weighted by Crippen LogP contribution is 2.25. The number of nitrogens with zero attached hydrogens (tertiary/aromatic N) is 2. The van der Waals surface area contributed by atoms with Gasteiger partial charge >= 0.3 is 0 Å². The number of amides is 1. The molecule has 1 amide bonds. The second kappa shape index (κ2) is 7.42. The van der Waals surface area contributed by atoms with E-state index in [1.54, 1.807) is 35.5 Å². The van der Waals surface area contributed by atoms with Gasteiger partial charge in [-0.2, -0.15) is 0 Å². The summed E-state index contributed by atoms with van der Waals surface area (Å²) in [4.78, 5) is 34.6. The fraction of sp³-hybridized carbons (Fsp3) is 0.286. The third kappa shape index (κ3) is 3.35. The number of methoxy groups -OCH3 is 1. The van der Waals surface area contributed by atoms with E-state index in [0.29, 0.717) is 30.6 Å². The highest BCUT2D eigenvalue weighted by molar-refractivity contribution is 6.00. The molecule has 4 rings (SSSR count). The second-order valence-electron chi connectivity index (χ2n) is 6.94. The molecule has 1 aliphatic heterocycles. The first-order chi connectivity index (χ1) is 13.6. The number of aromatic nitrogens is 2. The van der Waals surface area contributed by atoms with E-state index in [2.05, 4.69) is 9.97 Å². The summed E-state index contributed by atoms with van der Waals surface area (Å²) in [5, 5.41) is 0. The van der Waals surface area contributed by atoms with Crippen molar-refractivity contribution in [1.82, 2.24) is 14.9 Å². The van der Waals surface area contributed by atoms with Crippen molar-refractivity contribution in [1.29, 1.82) is 0 Å². The molecule has 2 aromatic carbocycles. The molecule has 1 unspecified atom stereocenters. The van der Waals surface area contributed by atoms with Gasteiger partial charge in [-0.15, -0.1) is 0 Å². The van der Waals surface area contributed by atoms with Crippen LogP contribution in [0.15, 0.2) is 42.7 Å². The number of imidazole rings is 1. The van der Waals surface area contributed by atoms with Crippen LogP contribution < -0.4 is 4.74 Å². The number of likely N-dealkylation sites (tertiary alicyclic amines) is 1. The Morgan fingerprint density at radius 3 is 2.82 bits per heavy atom. The lowest BCUT2D eigenvalue weighted by molar-refractivity contribution is 0.0637. The molecule has 2 heterocycles. The first kappa shape index (κ1) is 18.2. The van der Waals surface area contributed by atoms with Crippen LogP contribution in [-0.4, -0.2) is 46.8 Å². The number of nitrogens with one attached hydrogen (secondary N) is 1. The number of piperidine rings is 1. The van der Waals surface area contributed by atoms with E-state index in [9.17, 15) is 14.0 Å². The molecule has 1 aromatic heterocycles. The average Bonchev–Trinajstić information content (AvgIpc) is 3.20. The van der Waals surface area contributed by atoms with Crippen molar-refractivity contribution >= 4 is 22.7 Å². The number of benzene rings is 2. The topological polar surface area (TPSA) is 75.3 Å². The van der Waals surface area contributed by atoms with E-state index in [0.717, 1.165) is 17.5 Å². The first-order valence-corrected chi connectivity index (χ1v) is 9.17. The van der Waals surface area contributed by atoms with Crippen LogP contribution in [0.2, 0.25) is 0 Å². The summed E-state index contributed by atoms with van der Waals surface area (Å²) in [5.41, 5.74) is 2.45. The van der Waals surface area contributed by atoms with Gasteiger partial charge in [-0.1, -0.05) is 0 Å². The molecule has 1 fully saturated rings.